The molecule has 1 aliphatic rings. The van der Waals surface area contributed by atoms with Crippen LogP contribution in [0.2, 0.25) is 5.02 Å². The fourth-order valence-electron chi connectivity index (χ4n) is 3.12. The van der Waals surface area contributed by atoms with Crippen LogP contribution in [0.5, 0.6) is 5.75 Å². The van der Waals surface area contributed by atoms with E-state index in [0.717, 1.165) is 56.2 Å². The van der Waals surface area contributed by atoms with Gasteiger partial charge in [0.05, 0.1) is 11.1 Å². The van der Waals surface area contributed by atoms with Crippen LogP contribution in [0, 0.1) is 0 Å². The molecule has 0 unspecified atom stereocenters. The third kappa shape index (κ3) is 7.37. The Balaban J connectivity index is 0.000000386. The number of carbonyl (C=O) groups is 2. The first-order valence-corrected chi connectivity index (χ1v) is 9.96. The summed E-state index contributed by atoms with van der Waals surface area (Å²) in [5.74, 6) is -2.30. The van der Waals surface area contributed by atoms with Crippen molar-refractivity contribution in [3.05, 3.63) is 64.7 Å². The average Bonchev–Trinajstić information content (AvgIpc) is 2.68. The Morgan fingerprint density at radius 3 is 2.13 bits per heavy atom. The molecular formula is C22H23ClF3NO3. The summed E-state index contributed by atoms with van der Waals surface area (Å²) in [6, 6.07) is 12.5. The number of rotatable bonds is 3. The second kappa shape index (κ2) is 11.0. The van der Waals surface area contributed by atoms with Crippen LogP contribution >= 0.6 is 11.6 Å². The topological polar surface area (TPSA) is 55.4 Å². The van der Waals surface area contributed by atoms with Crippen molar-refractivity contribution < 1.29 is 27.5 Å². The zero-order valence-corrected chi connectivity index (χ0v) is 17.2. The molecule has 1 saturated carbocycles. The highest BCUT2D eigenvalue weighted by Crippen LogP contribution is 2.38. The maximum absolute atomic E-state index is 13.1. The maximum atomic E-state index is 13.1. The first-order valence-electron chi connectivity index (χ1n) is 9.58. The molecule has 3 rings (SSSR count). The minimum atomic E-state index is -4.72. The van der Waals surface area contributed by atoms with Crippen LogP contribution in [-0.2, 0) is 11.0 Å². The van der Waals surface area contributed by atoms with Crippen LogP contribution in [0.3, 0.4) is 0 Å². The van der Waals surface area contributed by atoms with Gasteiger partial charge in [-0.2, -0.15) is 13.2 Å². The van der Waals surface area contributed by atoms with Crippen molar-refractivity contribution in [2.45, 2.75) is 51.2 Å². The number of halogens is 4. The van der Waals surface area contributed by atoms with Gasteiger partial charge >= 0.3 is 12.1 Å². The maximum Gasteiger partial charge on any atom is 0.420 e. The molecule has 8 heteroatoms. The number of benzene rings is 2. The van der Waals surface area contributed by atoms with Gasteiger partial charge in [0.15, 0.2) is 5.75 Å². The molecule has 1 N–H and O–H groups in total. The van der Waals surface area contributed by atoms with Crippen molar-refractivity contribution >= 4 is 23.5 Å². The number of hydrogen-bond donors (Lipinski definition) is 1. The second-order valence-electron chi connectivity index (χ2n) is 6.88. The molecule has 4 nitrogen and oxygen atoms in total. The Morgan fingerprint density at radius 1 is 1.00 bits per heavy atom. The quantitative estimate of drug-likeness (QED) is 0.467. The van der Waals surface area contributed by atoms with Gasteiger partial charge in [0.1, 0.15) is 0 Å². The number of ether oxygens (including phenoxy) is 1. The van der Waals surface area contributed by atoms with Crippen LogP contribution < -0.4 is 10.1 Å². The molecular weight excluding hydrogens is 419 g/mol. The van der Waals surface area contributed by atoms with Gasteiger partial charge in [-0.3, -0.25) is 9.59 Å². The highest BCUT2D eigenvalue weighted by molar-refractivity contribution is 6.30. The molecule has 0 radical (unpaired) electrons. The lowest BCUT2D eigenvalue weighted by Gasteiger charge is -2.23. The van der Waals surface area contributed by atoms with Crippen LogP contribution in [0.1, 0.15) is 54.9 Å². The fourth-order valence-corrected chi connectivity index (χ4v) is 3.26. The van der Waals surface area contributed by atoms with Crippen LogP contribution in [-0.4, -0.2) is 17.9 Å². The standard InChI is InChI=1S/C16H18F3NO3.C6H5Cl/c1-10(21)23-14-12(8-5-9-13(14)16(17,18)19)15(22)20-11-6-3-2-4-7-11;7-6-4-2-1-3-5-6/h5,8-9,11H,2-4,6-7H2,1H3,(H,20,22);1-5H. The summed E-state index contributed by atoms with van der Waals surface area (Å²) in [6.45, 7) is 0.996. The van der Waals surface area contributed by atoms with Gasteiger partial charge in [0.2, 0.25) is 0 Å². The first-order chi connectivity index (χ1) is 14.2. The van der Waals surface area contributed by atoms with Crippen LogP contribution in [0.15, 0.2) is 48.5 Å². The monoisotopic (exact) mass is 441 g/mol. The Hall–Kier alpha value is -2.54. The van der Waals surface area contributed by atoms with Crippen molar-refractivity contribution in [2.75, 3.05) is 0 Å². The van der Waals surface area contributed by atoms with Gasteiger partial charge in [-0.05, 0) is 37.1 Å². The molecule has 1 aliphatic carbocycles. The number of nitrogens with one attached hydrogen (secondary N) is 1. The largest absolute Gasteiger partial charge is 0.425 e. The Morgan fingerprint density at radius 2 is 1.63 bits per heavy atom. The number of carbonyl (C=O) groups excluding carboxylic acids is 2. The van der Waals surface area contributed by atoms with E-state index in [1.807, 2.05) is 30.3 Å². The third-order valence-electron chi connectivity index (χ3n) is 4.48. The van der Waals surface area contributed by atoms with E-state index in [1.165, 1.54) is 6.07 Å². The zero-order valence-electron chi connectivity index (χ0n) is 16.5. The average molecular weight is 442 g/mol. The summed E-state index contributed by atoms with van der Waals surface area (Å²) in [5.41, 5.74) is -1.41. The molecule has 0 spiro atoms. The fraction of sp³-hybridized carbons (Fsp3) is 0.364. The van der Waals surface area contributed by atoms with E-state index < -0.39 is 29.4 Å². The van der Waals surface area contributed by atoms with E-state index >= 15 is 0 Å². The lowest BCUT2D eigenvalue weighted by Crippen LogP contribution is -2.36. The molecule has 0 bridgehead atoms. The normalized spacial score (nSPS) is 14.3. The van der Waals surface area contributed by atoms with Gasteiger partial charge in [0, 0.05) is 18.0 Å². The van der Waals surface area contributed by atoms with E-state index in [0.29, 0.717) is 0 Å². The summed E-state index contributed by atoms with van der Waals surface area (Å²) in [7, 11) is 0. The Labute approximate surface area is 178 Å². The van der Waals surface area contributed by atoms with Crippen molar-refractivity contribution in [3.8, 4) is 5.75 Å². The first kappa shape index (κ1) is 23.7. The smallest absolute Gasteiger partial charge is 0.420 e. The van der Waals surface area contributed by atoms with Gasteiger partial charge in [-0.1, -0.05) is 55.1 Å². The SMILES string of the molecule is CC(=O)Oc1c(C(=O)NC2CCCCC2)cccc1C(F)(F)F.Clc1ccccc1. The lowest BCUT2D eigenvalue weighted by molar-refractivity contribution is -0.141. The number of alkyl halides is 3. The Bertz CT molecular complexity index is 850. The highest BCUT2D eigenvalue weighted by Gasteiger charge is 2.37. The lowest BCUT2D eigenvalue weighted by atomic mass is 9.95. The molecule has 0 aromatic heterocycles. The minimum Gasteiger partial charge on any atom is -0.425 e. The minimum absolute atomic E-state index is 0.0593. The van der Waals surface area contributed by atoms with Gasteiger partial charge in [-0.15, -0.1) is 0 Å². The molecule has 0 atom stereocenters. The van der Waals surface area contributed by atoms with Crippen molar-refractivity contribution in [1.29, 1.82) is 0 Å². The predicted molar refractivity (Wildman–Crippen MR) is 109 cm³/mol. The van der Waals surface area contributed by atoms with Crippen LogP contribution in [0.4, 0.5) is 13.2 Å². The highest BCUT2D eigenvalue weighted by atomic mass is 35.5. The molecule has 30 heavy (non-hydrogen) atoms. The summed E-state index contributed by atoms with van der Waals surface area (Å²) in [4.78, 5) is 23.5. The summed E-state index contributed by atoms with van der Waals surface area (Å²) >= 11 is 5.54. The number of para-hydroxylation sites is 1. The van der Waals surface area contributed by atoms with Crippen molar-refractivity contribution in [2.24, 2.45) is 0 Å². The third-order valence-corrected chi connectivity index (χ3v) is 4.74. The van der Waals surface area contributed by atoms with E-state index in [4.69, 9.17) is 16.3 Å². The van der Waals surface area contributed by atoms with Crippen molar-refractivity contribution in [1.82, 2.24) is 5.32 Å². The Kier molecular flexibility index (Phi) is 8.72. The van der Waals surface area contributed by atoms with Gasteiger partial charge in [-0.25, -0.2) is 0 Å². The zero-order chi connectivity index (χ0) is 22.1. The van der Waals surface area contributed by atoms with Crippen molar-refractivity contribution in [3.63, 3.8) is 0 Å². The molecule has 1 amide bonds. The van der Waals surface area contributed by atoms with Crippen LogP contribution in [0.25, 0.3) is 0 Å². The number of amides is 1. The number of esters is 1. The molecule has 0 aliphatic heterocycles. The molecule has 2 aromatic rings. The molecule has 0 heterocycles. The summed E-state index contributed by atoms with van der Waals surface area (Å²) in [5, 5.41) is 3.52. The van der Waals surface area contributed by atoms with Gasteiger partial charge in [0.25, 0.3) is 5.91 Å². The summed E-state index contributed by atoms with van der Waals surface area (Å²) in [6.07, 6.45) is -0.0730. The van der Waals surface area contributed by atoms with E-state index in [9.17, 15) is 22.8 Å². The molecule has 162 valence electrons. The van der Waals surface area contributed by atoms with E-state index in [-0.39, 0.29) is 11.6 Å². The predicted octanol–water partition coefficient (Wildman–Crippen LogP) is 6.03. The van der Waals surface area contributed by atoms with E-state index in [1.54, 1.807) is 0 Å². The molecule has 1 fully saturated rings. The van der Waals surface area contributed by atoms with Gasteiger partial charge < -0.3 is 10.1 Å². The molecule has 0 saturated heterocycles. The molecule has 2 aromatic carbocycles. The number of hydrogen-bond acceptors (Lipinski definition) is 3. The second-order valence-corrected chi connectivity index (χ2v) is 7.31. The summed E-state index contributed by atoms with van der Waals surface area (Å²) < 4.78 is 43.9. The van der Waals surface area contributed by atoms with E-state index in [2.05, 4.69) is 5.32 Å².